The van der Waals surface area contributed by atoms with Crippen LogP contribution in [0.4, 0.5) is 5.82 Å². The molecule has 6 heteroatoms. The minimum atomic E-state index is -0.730. The summed E-state index contributed by atoms with van der Waals surface area (Å²) in [6.07, 6.45) is 2.72. The molecule has 0 aliphatic carbocycles. The van der Waals surface area contributed by atoms with Crippen molar-refractivity contribution in [3.8, 4) is 0 Å². The molecular formula is C15H20N2O4. The first kappa shape index (κ1) is 15.3. The molecule has 0 spiro atoms. The average molecular weight is 292 g/mol. The number of rotatable bonds is 4. The summed E-state index contributed by atoms with van der Waals surface area (Å²) in [4.78, 5) is 29.0. The van der Waals surface area contributed by atoms with Gasteiger partial charge in [0.2, 0.25) is 0 Å². The highest BCUT2D eigenvalue weighted by Crippen LogP contribution is 2.27. The highest BCUT2D eigenvalue weighted by molar-refractivity contribution is 5.89. The molecule has 1 aromatic rings. The molecule has 2 unspecified atom stereocenters. The molecule has 0 saturated carbocycles. The zero-order valence-electron chi connectivity index (χ0n) is 12.3. The summed E-state index contributed by atoms with van der Waals surface area (Å²) in [5.74, 6) is -0.629. The fourth-order valence-electron chi connectivity index (χ4n) is 2.63. The van der Waals surface area contributed by atoms with Gasteiger partial charge in [-0.25, -0.2) is 9.78 Å². The average Bonchev–Trinajstić information content (AvgIpc) is 2.47. The number of pyridine rings is 1. The summed E-state index contributed by atoms with van der Waals surface area (Å²) in [5.41, 5.74) is 0.425. The molecule has 1 aliphatic rings. The molecule has 1 N–H and O–H groups in total. The number of carboxylic acid groups (broad SMARTS) is 1. The lowest BCUT2D eigenvalue weighted by atomic mass is 9.92. The monoisotopic (exact) mass is 292 g/mol. The normalized spacial score (nSPS) is 21.9. The minimum Gasteiger partial charge on any atom is -0.481 e. The SMILES string of the molecule is CCOC(=O)c1ccc(N2CCC(C(=O)O)CC2C)nc1. The number of carboxylic acids is 1. The van der Waals surface area contributed by atoms with Crippen LogP contribution in [0, 0.1) is 5.92 Å². The first-order valence-corrected chi connectivity index (χ1v) is 7.15. The standard InChI is InChI=1S/C15H20N2O4/c1-3-21-15(20)12-4-5-13(16-9-12)17-7-6-11(14(18)19)8-10(17)2/h4-5,9-11H,3,6-8H2,1-2H3,(H,18,19). The van der Waals surface area contributed by atoms with E-state index in [9.17, 15) is 9.59 Å². The summed E-state index contributed by atoms with van der Waals surface area (Å²) in [6, 6.07) is 3.58. The van der Waals surface area contributed by atoms with E-state index in [2.05, 4.69) is 9.88 Å². The highest BCUT2D eigenvalue weighted by Gasteiger charge is 2.30. The predicted octanol–water partition coefficient (Wildman–Crippen LogP) is 1.95. The van der Waals surface area contributed by atoms with Gasteiger partial charge in [0.1, 0.15) is 5.82 Å². The largest absolute Gasteiger partial charge is 0.481 e. The second-order valence-electron chi connectivity index (χ2n) is 5.23. The van der Waals surface area contributed by atoms with Gasteiger partial charge >= 0.3 is 11.9 Å². The van der Waals surface area contributed by atoms with Gasteiger partial charge in [-0.1, -0.05) is 0 Å². The third-order valence-electron chi connectivity index (χ3n) is 3.78. The number of hydrogen-bond acceptors (Lipinski definition) is 5. The minimum absolute atomic E-state index is 0.112. The molecule has 0 amide bonds. The summed E-state index contributed by atoms with van der Waals surface area (Å²) >= 11 is 0. The van der Waals surface area contributed by atoms with Gasteiger partial charge in [-0.2, -0.15) is 0 Å². The van der Waals surface area contributed by atoms with Crippen LogP contribution in [-0.2, 0) is 9.53 Å². The van der Waals surface area contributed by atoms with Crippen LogP contribution in [-0.4, -0.2) is 41.2 Å². The molecule has 21 heavy (non-hydrogen) atoms. The van der Waals surface area contributed by atoms with Gasteiger partial charge in [0.15, 0.2) is 0 Å². The molecule has 0 radical (unpaired) electrons. The molecule has 6 nitrogen and oxygen atoms in total. The van der Waals surface area contributed by atoms with Crippen LogP contribution in [0.15, 0.2) is 18.3 Å². The number of anilines is 1. The number of carbonyl (C=O) groups excluding carboxylic acids is 1. The lowest BCUT2D eigenvalue weighted by molar-refractivity contribution is -0.142. The van der Waals surface area contributed by atoms with E-state index in [1.807, 2.05) is 6.92 Å². The second kappa shape index (κ2) is 6.56. The van der Waals surface area contributed by atoms with E-state index in [0.717, 1.165) is 5.82 Å². The topological polar surface area (TPSA) is 79.7 Å². The molecule has 2 rings (SSSR count). The Balaban J connectivity index is 2.06. The molecule has 2 heterocycles. The molecule has 0 bridgehead atoms. The molecule has 1 aliphatic heterocycles. The van der Waals surface area contributed by atoms with Crippen molar-refractivity contribution in [2.24, 2.45) is 5.92 Å². The van der Waals surface area contributed by atoms with Gasteiger partial charge in [0.05, 0.1) is 18.1 Å². The second-order valence-corrected chi connectivity index (χ2v) is 5.23. The Kier molecular flexibility index (Phi) is 4.77. The van der Waals surface area contributed by atoms with Crippen LogP contribution in [0.5, 0.6) is 0 Å². The van der Waals surface area contributed by atoms with Crippen molar-refractivity contribution in [2.75, 3.05) is 18.1 Å². The zero-order valence-corrected chi connectivity index (χ0v) is 12.3. The number of esters is 1. The Morgan fingerprint density at radius 2 is 2.24 bits per heavy atom. The van der Waals surface area contributed by atoms with E-state index < -0.39 is 5.97 Å². The van der Waals surface area contributed by atoms with Crippen LogP contribution >= 0.6 is 0 Å². The Morgan fingerprint density at radius 3 is 2.76 bits per heavy atom. The van der Waals surface area contributed by atoms with Gasteiger partial charge < -0.3 is 14.7 Å². The Labute approximate surface area is 123 Å². The number of piperidine rings is 1. The lowest BCUT2D eigenvalue weighted by Gasteiger charge is -2.37. The maximum Gasteiger partial charge on any atom is 0.339 e. The van der Waals surface area contributed by atoms with Crippen molar-refractivity contribution in [3.63, 3.8) is 0 Å². The smallest absolute Gasteiger partial charge is 0.339 e. The summed E-state index contributed by atoms with van der Waals surface area (Å²) in [6.45, 7) is 4.74. The molecule has 1 fully saturated rings. The maximum absolute atomic E-state index is 11.6. The molecule has 0 aromatic carbocycles. The Morgan fingerprint density at radius 1 is 1.48 bits per heavy atom. The molecule has 2 atom stereocenters. The van der Waals surface area contributed by atoms with Crippen LogP contribution in [0.3, 0.4) is 0 Å². The third-order valence-corrected chi connectivity index (χ3v) is 3.78. The van der Waals surface area contributed by atoms with Gasteiger partial charge in [0.25, 0.3) is 0 Å². The van der Waals surface area contributed by atoms with Crippen LogP contribution in [0.1, 0.15) is 37.0 Å². The number of carbonyl (C=O) groups is 2. The van der Waals surface area contributed by atoms with Crippen molar-refractivity contribution in [1.82, 2.24) is 4.98 Å². The van der Waals surface area contributed by atoms with E-state index in [-0.39, 0.29) is 17.9 Å². The van der Waals surface area contributed by atoms with E-state index in [0.29, 0.717) is 31.6 Å². The highest BCUT2D eigenvalue weighted by atomic mass is 16.5. The molecule has 114 valence electrons. The fourth-order valence-corrected chi connectivity index (χ4v) is 2.63. The van der Waals surface area contributed by atoms with Crippen molar-refractivity contribution < 1.29 is 19.4 Å². The van der Waals surface area contributed by atoms with Gasteiger partial charge in [0, 0.05) is 18.8 Å². The van der Waals surface area contributed by atoms with Crippen LogP contribution in [0.25, 0.3) is 0 Å². The van der Waals surface area contributed by atoms with E-state index in [1.165, 1.54) is 6.20 Å². The molecular weight excluding hydrogens is 272 g/mol. The number of aliphatic carboxylic acids is 1. The van der Waals surface area contributed by atoms with Crippen molar-refractivity contribution in [3.05, 3.63) is 23.9 Å². The first-order valence-electron chi connectivity index (χ1n) is 7.15. The van der Waals surface area contributed by atoms with E-state index in [1.54, 1.807) is 19.1 Å². The number of hydrogen-bond donors (Lipinski definition) is 1. The predicted molar refractivity (Wildman–Crippen MR) is 77.4 cm³/mol. The summed E-state index contributed by atoms with van der Waals surface area (Å²) in [7, 11) is 0. The molecule has 1 aromatic heterocycles. The van der Waals surface area contributed by atoms with Crippen molar-refractivity contribution in [2.45, 2.75) is 32.7 Å². The van der Waals surface area contributed by atoms with Crippen LogP contribution in [0.2, 0.25) is 0 Å². The maximum atomic E-state index is 11.6. The summed E-state index contributed by atoms with van der Waals surface area (Å²) < 4.78 is 4.92. The number of aromatic nitrogens is 1. The Hall–Kier alpha value is -2.11. The fraction of sp³-hybridized carbons (Fsp3) is 0.533. The van der Waals surface area contributed by atoms with Crippen molar-refractivity contribution >= 4 is 17.8 Å². The molecule has 1 saturated heterocycles. The van der Waals surface area contributed by atoms with Gasteiger partial charge in [-0.15, -0.1) is 0 Å². The van der Waals surface area contributed by atoms with Crippen LogP contribution < -0.4 is 4.90 Å². The third kappa shape index (κ3) is 3.51. The van der Waals surface area contributed by atoms with E-state index >= 15 is 0 Å². The quantitative estimate of drug-likeness (QED) is 0.854. The summed E-state index contributed by atoms with van der Waals surface area (Å²) in [5, 5.41) is 9.08. The lowest BCUT2D eigenvalue weighted by Crippen LogP contribution is -2.43. The zero-order chi connectivity index (χ0) is 15.4. The number of ether oxygens (including phenoxy) is 1. The Bertz CT molecular complexity index is 515. The first-order chi connectivity index (χ1) is 10.0. The van der Waals surface area contributed by atoms with Gasteiger partial charge in [-0.05, 0) is 38.8 Å². The number of nitrogens with zero attached hydrogens (tertiary/aromatic N) is 2. The van der Waals surface area contributed by atoms with E-state index in [4.69, 9.17) is 9.84 Å². The van der Waals surface area contributed by atoms with Crippen molar-refractivity contribution in [1.29, 1.82) is 0 Å². The van der Waals surface area contributed by atoms with Gasteiger partial charge in [-0.3, -0.25) is 4.79 Å².